The van der Waals surface area contributed by atoms with Crippen molar-refractivity contribution in [2.75, 3.05) is 19.6 Å². The van der Waals surface area contributed by atoms with Gasteiger partial charge >= 0.3 is 0 Å². The molecule has 0 unspecified atom stereocenters. The number of carbonyl (C=O) groups is 3. The maximum atomic E-state index is 12.4. The SMILES string of the molecule is O=C(CN1C(=O)S/C(=C\c2ccc(Cl)s2)C1=O)N1CCCCC1. The maximum Gasteiger partial charge on any atom is 0.294 e. The number of carbonyl (C=O) groups excluding carboxylic acids is 3. The highest BCUT2D eigenvalue weighted by molar-refractivity contribution is 8.18. The van der Waals surface area contributed by atoms with Crippen molar-refractivity contribution in [3.8, 4) is 0 Å². The normalized spacial score (nSPS) is 20.7. The number of piperidine rings is 1. The standard InChI is InChI=1S/C15H15ClN2O3S2/c16-12-5-4-10(22-12)8-11-14(20)18(15(21)23-11)9-13(19)17-6-2-1-3-7-17/h4-5,8H,1-3,6-7,9H2/b11-8-. The van der Waals surface area contributed by atoms with Crippen LogP contribution in [0.25, 0.3) is 6.08 Å². The lowest BCUT2D eigenvalue weighted by molar-refractivity contribution is -0.136. The minimum absolute atomic E-state index is 0.160. The molecule has 3 heterocycles. The summed E-state index contributed by atoms with van der Waals surface area (Å²) < 4.78 is 0.621. The van der Waals surface area contributed by atoms with Gasteiger partial charge in [-0.25, -0.2) is 0 Å². The van der Waals surface area contributed by atoms with Crippen LogP contribution in [0.15, 0.2) is 17.0 Å². The van der Waals surface area contributed by atoms with Crippen molar-refractivity contribution in [3.05, 3.63) is 26.3 Å². The van der Waals surface area contributed by atoms with E-state index in [0.717, 1.165) is 40.8 Å². The Bertz CT molecular complexity index is 680. The third-order valence-electron chi connectivity index (χ3n) is 3.74. The number of nitrogens with zero attached hydrogens (tertiary/aromatic N) is 2. The molecule has 1 aromatic rings. The van der Waals surface area contributed by atoms with Crippen molar-refractivity contribution in [3.63, 3.8) is 0 Å². The summed E-state index contributed by atoms with van der Waals surface area (Å²) >= 11 is 8.06. The number of thiophene rings is 1. The molecular weight excluding hydrogens is 356 g/mol. The van der Waals surface area contributed by atoms with Crippen LogP contribution in [0, 0.1) is 0 Å². The molecule has 0 aromatic carbocycles. The number of amides is 3. The summed E-state index contributed by atoms with van der Waals surface area (Å²) in [7, 11) is 0. The molecular formula is C15H15ClN2O3S2. The summed E-state index contributed by atoms with van der Waals surface area (Å²) in [5.74, 6) is -0.567. The van der Waals surface area contributed by atoms with Gasteiger partial charge in [-0.1, -0.05) is 11.6 Å². The molecule has 3 rings (SSSR count). The van der Waals surface area contributed by atoms with Crippen molar-refractivity contribution in [1.29, 1.82) is 0 Å². The number of rotatable bonds is 3. The van der Waals surface area contributed by atoms with E-state index in [1.165, 1.54) is 11.3 Å². The number of imide groups is 1. The zero-order valence-electron chi connectivity index (χ0n) is 12.3. The fourth-order valence-corrected chi connectivity index (χ4v) is 4.46. The van der Waals surface area contributed by atoms with Gasteiger partial charge in [0, 0.05) is 18.0 Å². The first-order chi connectivity index (χ1) is 11.0. The number of hydrogen-bond acceptors (Lipinski definition) is 5. The summed E-state index contributed by atoms with van der Waals surface area (Å²) in [6.45, 7) is 1.24. The van der Waals surface area contributed by atoms with E-state index in [1.54, 1.807) is 23.1 Å². The molecule has 3 amide bonds. The lowest BCUT2D eigenvalue weighted by Gasteiger charge is -2.27. The number of halogens is 1. The fraction of sp³-hybridized carbons (Fsp3) is 0.400. The Kier molecular flexibility index (Phi) is 5.08. The highest BCUT2D eigenvalue weighted by Gasteiger charge is 2.37. The molecule has 2 aliphatic heterocycles. The summed E-state index contributed by atoms with van der Waals surface area (Å²) in [4.78, 5) is 40.6. The van der Waals surface area contributed by atoms with Gasteiger partial charge in [0.05, 0.1) is 9.24 Å². The van der Waals surface area contributed by atoms with Crippen molar-refractivity contribution in [2.45, 2.75) is 19.3 Å². The van der Waals surface area contributed by atoms with E-state index >= 15 is 0 Å². The minimum Gasteiger partial charge on any atom is -0.341 e. The van der Waals surface area contributed by atoms with Crippen LogP contribution in [0.1, 0.15) is 24.1 Å². The van der Waals surface area contributed by atoms with E-state index in [0.29, 0.717) is 22.3 Å². The largest absolute Gasteiger partial charge is 0.341 e. The molecule has 0 aliphatic carbocycles. The Balaban J connectivity index is 1.68. The molecule has 8 heteroatoms. The molecule has 0 bridgehead atoms. The third-order valence-corrected chi connectivity index (χ3v) is 5.83. The van der Waals surface area contributed by atoms with Crippen LogP contribution < -0.4 is 0 Å². The van der Waals surface area contributed by atoms with Gasteiger partial charge in [-0.3, -0.25) is 19.3 Å². The molecule has 5 nitrogen and oxygen atoms in total. The second-order valence-electron chi connectivity index (χ2n) is 5.35. The van der Waals surface area contributed by atoms with Crippen LogP contribution in [-0.4, -0.2) is 46.5 Å². The molecule has 0 spiro atoms. The van der Waals surface area contributed by atoms with Gasteiger partial charge in [0.2, 0.25) is 5.91 Å². The molecule has 23 heavy (non-hydrogen) atoms. The van der Waals surface area contributed by atoms with Gasteiger partial charge in [-0.15, -0.1) is 11.3 Å². The van der Waals surface area contributed by atoms with E-state index in [1.807, 2.05) is 0 Å². The van der Waals surface area contributed by atoms with Gasteiger partial charge in [0.25, 0.3) is 11.1 Å². The topological polar surface area (TPSA) is 57.7 Å². The van der Waals surface area contributed by atoms with Gasteiger partial charge in [-0.2, -0.15) is 0 Å². The predicted octanol–water partition coefficient (Wildman–Crippen LogP) is 3.45. The van der Waals surface area contributed by atoms with Gasteiger partial charge in [-0.05, 0) is 49.2 Å². The highest BCUT2D eigenvalue weighted by Crippen LogP contribution is 2.34. The molecule has 2 aliphatic rings. The van der Waals surface area contributed by atoms with Crippen LogP contribution >= 0.6 is 34.7 Å². The van der Waals surface area contributed by atoms with E-state index in [-0.39, 0.29) is 12.5 Å². The molecule has 0 saturated carbocycles. The molecule has 122 valence electrons. The second kappa shape index (κ2) is 7.07. The Morgan fingerprint density at radius 2 is 1.96 bits per heavy atom. The van der Waals surface area contributed by atoms with E-state index in [2.05, 4.69) is 0 Å². The van der Waals surface area contributed by atoms with Crippen LogP contribution in [-0.2, 0) is 9.59 Å². The smallest absolute Gasteiger partial charge is 0.294 e. The molecule has 0 N–H and O–H groups in total. The monoisotopic (exact) mass is 370 g/mol. The minimum atomic E-state index is -0.408. The van der Waals surface area contributed by atoms with E-state index in [4.69, 9.17) is 11.6 Å². The number of hydrogen-bond donors (Lipinski definition) is 0. The van der Waals surface area contributed by atoms with Crippen molar-refractivity contribution in [1.82, 2.24) is 9.80 Å². The average molecular weight is 371 g/mol. The Morgan fingerprint density at radius 3 is 2.61 bits per heavy atom. The quantitative estimate of drug-likeness (QED) is 0.764. The second-order valence-corrected chi connectivity index (χ2v) is 8.09. The molecule has 1 aromatic heterocycles. The first kappa shape index (κ1) is 16.5. The predicted molar refractivity (Wildman–Crippen MR) is 92.4 cm³/mol. The summed E-state index contributed by atoms with van der Waals surface area (Å²) in [5.41, 5.74) is 0. The molecule has 2 saturated heterocycles. The van der Waals surface area contributed by atoms with Crippen molar-refractivity contribution in [2.24, 2.45) is 0 Å². The van der Waals surface area contributed by atoms with Crippen molar-refractivity contribution < 1.29 is 14.4 Å². The Morgan fingerprint density at radius 1 is 1.22 bits per heavy atom. The zero-order chi connectivity index (χ0) is 16.4. The first-order valence-corrected chi connectivity index (χ1v) is 9.34. The van der Waals surface area contributed by atoms with Crippen LogP contribution in [0.5, 0.6) is 0 Å². The number of likely N-dealkylation sites (tertiary alicyclic amines) is 1. The van der Waals surface area contributed by atoms with Crippen LogP contribution in [0.3, 0.4) is 0 Å². The maximum absolute atomic E-state index is 12.4. The van der Waals surface area contributed by atoms with E-state index in [9.17, 15) is 14.4 Å². The lowest BCUT2D eigenvalue weighted by atomic mass is 10.1. The summed E-state index contributed by atoms with van der Waals surface area (Å²) in [6, 6.07) is 3.53. The Hall–Kier alpha value is -1.31. The first-order valence-electron chi connectivity index (χ1n) is 7.33. The van der Waals surface area contributed by atoms with E-state index < -0.39 is 11.1 Å². The Labute approximate surface area is 147 Å². The fourth-order valence-electron chi connectivity index (χ4n) is 2.55. The molecule has 0 atom stereocenters. The van der Waals surface area contributed by atoms with Crippen LogP contribution in [0.4, 0.5) is 4.79 Å². The van der Waals surface area contributed by atoms with Crippen molar-refractivity contribution >= 4 is 57.8 Å². The average Bonchev–Trinajstić information content (AvgIpc) is 3.07. The molecule has 2 fully saturated rings. The van der Waals surface area contributed by atoms with Gasteiger partial charge in [0.1, 0.15) is 6.54 Å². The van der Waals surface area contributed by atoms with Crippen LogP contribution in [0.2, 0.25) is 4.34 Å². The summed E-state index contributed by atoms with van der Waals surface area (Å²) in [5, 5.41) is -0.394. The van der Waals surface area contributed by atoms with Gasteiger partial charge in [0.15, 0.2) is 0 Å². The molecule has 0 radical (unpaired) electrons. The summed E-state index contributed by atoms with van der Waals surface area (Å²) in [6.07, 6.45) is 4.73. The number of thioether (sulfide) groups is 1. The zero-order valence-corrected chi connectivity index (χ0v) is 14.7. The highest BCUT2D eigenvalue weighted by atomic mass is 35.5. The lowest BCUT2D eigenvalue weighted by Crippen LogP contribution is -2.44. The van der Waals surface area contributed by atoms with Gasteiger partial charge < -0.3 is 4.90 Å². The third kappa shape index (κ3) is 3.79.